The fourth-order valence-electron chi connectivity index (χ4n) is 7.10. The molecule has 1 saturated heterocycles. The maximum atomic E-state index is 13.6. The van der Waals surface area contributed by atoms with Crippen LogP contribution in [-0.2, 0) is 0 Å². The van der Waals surface area contributed by atoms with Crippen molar-refractivity contribution in [3.63, 3.8) is 0 Å². The maximum Gasteiger partial charge on any atom is 0.179 e. The summed E-state index contributed by atoms with van der Waals surface area (Å²) in [5, 5.41) is 6.26. The molecule has 8 nitrogen and oxygen atoms in total. The van der Waals surface area contributed by atoms with Gasteiger partial charge in [0.2, 0.25) is 0 Å². The Hall–Kier alpha value is -5.70. The molecule has 3 aliphatic heterocycles. The molecule has 1 fully saturated rings. The van der Waals surface area contributed by atoms with E-state index < -0.39 is 0 Å². The number of piperazine rings is 1. The van der Waals surface area contributed by atoms with E-state index in [4.69, 9.17) is 15.1 Å². The topological polar surface area (TPSA) is 68.1 Å². The van der Waals surface area contributed by atoms with Crippen molar-refractivity contribution in [1.82, 2.24) is 19.7 Å². The first kappa shape index (κ1) is 26.7. The van der Waals surface area contributed by atoms with Crippen LogP contribution in [0.1, 0.15) is 22.9 Å². The van der Waals surface area contributed by atoms with Gasteiger partial charge in [-0.3, -0.25) is 0 Å². The zero-order valence-electron chi connectivity index (χ0n) is 25.3. The van der Waals surface area contributed by atoms with Gasteiger partial charge in [0.15, 0.2) is 17.5 Å². The first-order valence-corrected chi connectivity index (χ1v) is 15.7. The van der Waals surface area contributed by atoms with Gasteiger partial charge in [0, 0.05) is 60.1 Å². The lowest BCUT2D eigenvalue weighted by Gasteiger charge is -2.44. The SMILES string of the molecule is Cc1nn(-c2ccccc2)c2c1[C@@H](c1c[nH]c3ccccc13)N1C(=N2)C(N2CCN(c3ccc(F)cc3)CC2)=Nc2ccccc21. The lowest BCUT2D eigenvalue weighted by Crippen LogP contribution is -2.55. The zero-order chi connectivity index (χ0) is 30.8. The molecule has 6 aromatic rings. The van der Waals surface area contributed by atoms with Crippen molar-refractivity contribution in [3.8, 4) is 5.69 Å². The average Bonchev–Trinajstić information content (AvgIpc) is 3.69. The smallest absolute Gasteiger partial charge is 0.179 e. The van der Waals surface area contributed by atoms with E-state index in [1.807, 2.05) is 41.1 Å². The standard InChI is InChI=1S/C37H31FN8/c1-24-33-34(29-23-39-30-12-6-5-11-28(29)30)45-32-14-8-7-13-31(32)40-36(37(45)41-35(33)46(42-24)27-9-3-2-4-10-27)44-21-19-43(20-22-44)26-17-15-25(38)16-18-26/h2-18,23,34,39H,19-22H2,1H3/t34-/m1/s1. The van der Waals surface area contributed by atoms with E-state index in [1.54, 1.807) is 0 Å². The summed E-state index contributed by atoms with van der Waals surface area (Å²) in [6, 6.07) is 33.6. The second kappa shape index (κ2) is 10.4. The van der Waals surface area contributed by atoms with E-state index in [-0.39, 0.29) is 11.9 Å². The lowest BCUT2D eigenvalue weighted by atomic mass is 9.93. The van der Waals surface area contributed by atoms with Crippen LogP contribution in [0.4, 0.5) is 27.3 Å². The molecule has 0 bridgehead atoms. The molecule has 0 amide bonds. The predicted octanol–water partition coefficient (Wildman–Crippen LogP) is 7.31. The largest absolute Gasteiger partial charge is 0.368 e. The van der Waals surface area contributed by atoms with Crippen LogP contribution < -0.4 is 9.80 Å². The molecular weight excluding hydrogens is 575 g/mol. The quantitative estimate of drug-likeness (QED) is 0.230. The number of anilines is 2. The Bertz CT molecular complexity index is 2150. The summed E-state index contributed by atoms with van der Waals surface area (Å²) >= 11 is 0. The summed E-state index contributed by atoms with van der Waals surface area (Å²) in [5.41, 5.74) is 8.19. The number of aryl methyl sites for hydroxylation is 1. The van der Waals surface area contributed by atoms with Crippen molar-refractivity contribution in [3.05, 3.63) is 132 Å². The molecule has 1 atom stereocenters. The summed E-state index contributed by atoms with van der Waals surface area (Å²) in [6.07, 6.45) is 2.14. The van der Waals surface area contributed by atoms with Crippen molar-refractivity contribution in [2.45, 2.75) is 13.0 Å². The van der Waals surface area contributed by atoms with Gasteiger partial charge in [0.25, 0.3) is 0 Å². The van der Waals surface area contributed by atoms with Gasteiger partial charge in [-0.05, 0) is 61.5 Å². The van der Waals surface area contributed by atoms with Gasteiger partial charge < -0.3 is 19.7 Å². The number of amidine groups is 2. The minimum atomic E-state index is -0.220. The predicted molar refractivity (Wildman–Crippen MR) is 182 cm³/mol. The van der Waals surface area contributed by atoms with E-state index in [0.29, 0.717) is 0 Å². The molecule has 0 saturated carbocycles. The van der Waals surface area contributed by atoms with Gasteiger partial charge in [-0.2, -0.15) is 5.10 Å². The second-order valence-electron chi connectivity index (χ2n) is 11.9. The van der Waals surface area contributed by atoms with Crippen LogP contribution in [0.25, 0.3) is 16.6 Å². The minimum Gasteiger partial charge on any atom is -0.368 e. The lowest BCUT2D eigenvalue weighted by molar-refractivity contribution is 0.389. The molecule has 9 heteroatoms. The number of nitrogens with one attached hydrogen (secondary N) is 1. The van der Waals surface area contributed by atoms with Crippen LogP contribution in [0.2, 0.25) is 0 Å². The highest BCUT2D eigenvalue weighted by Crippen LogP contribution is 2.49. The van der Waals surface area contributed by atoms with Crippen LogP contribution in [-0.4, -0.2) is 57.5 Å². The summed E-state index contributed by atoms with van der Waals surface area (Å²) in [5.74, 6) is 2.27. The van der Waals surface area contributed by atoms with Crippen LogP contribution in [0.3, 0.4) is 0 Å². The van der Waals surface area contributed by atoms with Crippen molar-refractivity contribution < 1.29 is 4.39 Å². The molecule has 0 spiro atoms. The fourth-order valence-corrected chi connectivity index (χ4v) is 7.10. The van der Waals surface area contributed by atoms with Crippen LogP contribution >= 0.6 is 0 Å². The van der Waals surface area contributed by atoms with E-state index >= 15 is 0 Å². The van der Waals surface area contributed by atoms with Gasteiger partial charge in [-0.15, -0.1) is 0 Å². The molecule has 3 aliphatic rings. The monoisotopic (exact) mass is 606 g/mol. The average molecular weight is 607 g/mol. The second-order valence-corrected chi connectivity index (χ2v) is 11.9. The van der Waals surface area contributed by atoms with E-state index in [2.05, 4.69) is 87.4 Å². The Labute approximate surface area is 265 Å². The number of nitrogens with zero attached hydrogens (tertiary/aromatic N) is 7. The number of aromatic nitrogens is 3. The van der Waals surface area contributed by atoms with E-state index in [9.17, 15) is 4.39 Å². The molecule has 1 N–H and O–H groups in total. The normalized spacial score (nSPS) is 17.3. The first-order chi connectivity index (χ1) is 22.6. The van der Waals surface area contributed by atoms with Crippen molar-refractivity contribution in [2.24, 2.45) is 9.98 Å². The molecule has 0 unspecified atom stereocenters. The Morgan fingerprint density at radius 3 is 2.26 bits per heavy atom. The molecular formula is C37H31FN8. The highest BCUT2D eigenvalue weighted by Gasteiger charge is 2.43. The van der Waals surface area contributed by atoms with Gasteiger partial charge in [-0.1, -0.05) is 48.5 Å². The molecule has 0 aliphatic carbocycles. The van der Waals surface area contributed by atoms with Crippen molar-refractivity contribution >= 4 is 45.5 Å². The van der Waals surface area contributed by atoms with E-state index in [1.165, 1.54) is 17.5 Å². The molecule has 0 radical (unpaired) electrons. The zero-order valence-corrected chi connectivity index (χ0v) is 25.3. The summed E-state index contributed by atoms with van der Waals surface area (Å²) in [4.78, 5) is 21.3. The summed E-state index contributed by atoms with van der Waals surface area (Å²) in [6.45, 7) is 5.18. The van der Waals surface area contributed by atoms with Crippen LogP contribution in [0.15, 0.2) is 119 Å². The Kier molecular flexibility index (Phi) is 6.06. The van der Waals surface area contributed by atoms with Gasteiger partial charge in [0.05, 0.1) is 28.8 Å². The van der Waals surface area contributed by atoms with Crippen LogP contribution in [0, 0.1) is 12.7 Å². The number of H-pyrrole nitrogens is 1. The number of benzene rings is 4. The van der Waals surface area contributed by atoms with Gasteiger partial charge in [0.1, 0.15) is 5.82 Å². The molecule has 4 aromatic carbocycles. The Morgan fingerprint density at radius 1 is 0.717 bits per heavy atom. The number of para-hydroxylation sites is 4. The minimum absolute atomic E-state index is 0.191. The number of rotatable bonds is 3. The fraction of sp³-hybridized carbons (Fsp3) is 0.162. The van der Waals surface area contributed by atoms with Crippen molar-refractivity contribution in [1.29, 1.82) is 0 Å². The third-order valence-corrected chi connectivity index (χ3v) is 9.31. The van der Waals surface area contributed by atoms with Crippen molar-refractivity contribution in [2.75, 3.05) is 36.0 Å². The van der Waals surface area contributed by atoms with Gasteiger partial charge >= 0.3 is 0 Å². The number of aromatic amines is 1. The highest BCUT2D eigenvalue weighted by atomic mass is 19.1. The molecule has 46 heavy (non-hydrogen) atoms. The third-order valence-electron chi connectivity index (χ3n) is 9.31. The summed E-state index contributed by atoms with van der Waals surface area (Å²) < 4.78 is 15.6. The molecule has 226 valence electrons. The number of hydrogen-bond donors (Lipinski definition) is 1. The first-order valence-electron chi connectivity index (χ1n) is 15.7. The van der Waals surface area contributed by atoms with Crippen LogP contribution in [0.5, 0.6) is 0 Å². The molecule has 5 heterocycles. The Balaban J connectivity index is 1.22. The molecule has 9 rings (SSSR count). The third kappa shape index (κ3) is 4.15. The number of hydrogen-bond acceptors (Lipinski definition) is 6. The van der Waals surface area contributed by atoms with E-state index in [0.717, 1.165) is 88.8 Å². The van der Waals surface area contributed by atoms with Gasteiger partial charge in [-0.25, -0.2) is 19.1 Å². The summed E-state index contributed by atoms with van der Waals surface area (Å²) in [7, 11) is 0. The Morgan fingerprint density at radius 2 is 1.43 bits per heavy atom. The molecule has 2 aromatic heterocycles. The number of aliphatic imine (C=N–C) groups is 2. The number of halogens is 1. The number of fused-ring (bicyclic) bond motifs is 5. The maximum absolute atomic E-state index is 13.6. The highest BCUT2D eigenvalue weighted by molar-refractivity contribution is 6.48.